The monoisotopic (exact) mass is 213 g/mol. The predicted octanol–water partition coefficient (Wildman–Crippen LogP) is 0.300. The summed E-state index contributed by atoms with van der Waals surface area (Å²) in [6.07, 6.45) is 0. The fourth-order valence-electron chi connectivity index (χ4n) is 0.720. The zero-order chi connectivity index (χ0) is 9.99. The first kappa shape index (κ1) is 12.3. The van der Waals surface area contributed by atoms with E-state index in [1.54, 1.807) is 0 Å². The third-order valence-corrected chi connectivity index (χ3v) is 4.46. The van der Waals surface area contributed by atoms with Crippen LogP contribution in [-0.4, -0.2) is 30.1 Å². The van der Waals surface area contributed by atoms with Gasteiger partial charge in [0, 0.05) is 6.54 Å². The summed E-state index contributed by atoms with van der Waals surface area (Å²) in [7, 11) is -6.12. The van der Waals surface area contributed by atoms with E-state index in [1.165, 1.54) is 0 Å². The van der Waals surface area contributed by atoms with Crippen LogP contribution in [0.4, 0.5) is 0 Å². The van der Waals surface area contributed by atoms with E-state index in [0.717, 1.165) is 0 Å². The predicted molar refractivity (Wildman–Crippen MR) is 49.3 cm³/mol. The Morgan fingerprint density at radius 3 is 2.00 bits per heavy atom. The molecule has 0 aromatic heterocycles. The number of phosphoric acid groups is 1. The number of rotatable bonds is 4. The van der Waals surface area contributed by atoms with Crippen molar-refractivity contribution >= 4 is 15.9 Å². The van der Waals surface area contributed by atoms with Crippen LogP contribution in [0.15, 0.2) is 0 Å². The van der Waals surface area contributed by atoms with Crippen molar-refractivity contribution in [3.8, 4) is 0 Å². The molecule has 0 fully saturated rings. The summed E-state index contributed by atoms with van der Waals surface area (Å²) in [5, 5.41) is 0. The van der Waals surface area contributed by atoms with Gasteiger partial charge in [0.1, 0.15) is 0 Å². The topological polar surface area (TPSA) is 92.8 Å². The summed E-state index contributed by atoms with van der Waals surface area (Å²) in [5.41, 5.74) is 4.84. The molecule has 1 unspecified atom stereocenters. The maximum absolute atomic E-state index is 10.5. The van der Waals surface area contributed by atoms with Gasteiger partial charge in [-0.1, -0.05) is 19.6 Å². The molecule has 5 nitrogen and oxygen atoms in total. The van der Waals surface area contributed by atoms with E-state index in [4.69, 9.17) is 15.5 Å². The molecule has 0 heterocycles. The van der Waals surface area contributed by atoms with Crippen LogP contribution in [0.2, 0.25) is 19.6 Å². The van der Waals surface area contributed by atoms with Gasteiger partial charge in [-0.25, -0.2) is 4.57 Å². The lowest BCUT2D eigenvalue weighted by Gasteiger charge is -2.27. The number of hydrogen-bond acceptors (Lipinski definition) is 3. The van der Waals surface area contributed by atoms with Gasteiger partial charge in [-0.05, 0) is 0 Å². The SMILES string of the molecule is C[Si](C)(C)C(CN)OP(=O)(O)O. The largest absolute Gasteiger partial charge is 0.469 e. The van der Waals surface area contributed by atoms with Crippen LogP contribution in [0, 0.1) is 0 Å². The van der Waals surface area contributed by atoms with E-state index in [2.05, 4.69) is 4.52 Å². The lowest BCUT2D eigenvalue weighted by atomic mass is 10.7. The first-order chi connectivity index (χ1) is 5.17. The smallest absolute Gasteiger partial charge is 0.328 e. The molecule has 0 spiro atoms. The number of hydrogen-bond donors (Lipinski definition) is 3. The summed E-state index contributed by atoms with van der Waals surface area (Å²) in [6, 6.07) is 0. The van der Waals surface area contributed by atoms with E-state index in [-0.39, 0.29) is 6.54 Å². The zero-order valence-electron chi connectivity index (χ0n) is 7.52. The average molecular weight is 213 g/mol. The van der Waals surface area contributed by atoms with Crippen LogP contribution in [0.3, 0.4) is 0 Å². The van der Waals surface area contributed by atoms with E-state index in [0.29, 0.717) is 0 Å². The Bertz CT molecular complexity index is 186. The van der Waals surface area contributed by atoms with E-state index in [1.807, 2.05) is 19.6 Å². The first-order valence-corrected chi connectivity index (χ1v) is 8.71. The Labute approximate surface area is 73.2 Å². The fraction of sp³-hybridized carbons (Fsp3) is 1.00. The van der Waals surface area contributed by atoms with Crippen molar-refractivity contribution in [3.63, 3.8) is 0 Å². The maximum atomic E-state index is 10.5. The fourth-order valence-corrected chi connectivity index (χ4v) is 3.52. The second-order valence-corrected chi connectivity index (χ2v) is 10.3. The van der Waals surface area contributed by atoms with Crippen molar-refractivity contribution in [1.29, 1.82) is 0 Å². The van der Waals surface area contributed by atoms with Crippen molar-refractivity contribution < 1.29 is 18.9 Å². The summed E-state index contributed by atoms with van der Waals surface area (Å²) in [6.45, 7) is 5.99. The molecule has 74 valence electrons. The van der Waals surface area contributed by atoms with Crippen LogP contribution in [0.1, 0.15) is 0 Å². The first-order valence-electron chi connectivity index (χ1n) is 3.61. The molecule has 0 radical (unpaired) electrons. The zero-order valence-corrected chi connectivity index (χ0v) is 9.41. The van der Waals surface area contributed by atoms with Gasteiger partial charge in [-0.15, -0.1) is 0 Å². The van der Waals surface area contributed by atoms with Gasteiger partial charge in [0.2, 0.25) is 0 Å². The minimum Gasteiger partial charge on any atom is -0.328 e. The Morgan fingerprint density at radius 1 is 1.50 bits per heavy atom. The molecule has 0 aromatic rings. The van der Waals surface area contributed by atoms with Gasteiger partial charge in [0.05, 0.1) is 13.8 Å². The molecule has 0 rings (SSSR count). The van der Waals surface area contributed by atoms with Gasteiger partial charge >= 0.3 is 7.82 Å². The Hall–Kier alpha value is 0.287. The molecule has 0 bridgehead atoms. The molecule has 0 aromatic carbocycles. The normalized spacial score (nSPS) is 16.2. The summed E-state index contributed by atoms with van der Waals surface area (Å²) in [5.74, 6) is 0. The third kappa shape index (κ3) is 5.03. The molecule has 0 aliphatic carbocycles. The van der Waals surface area contributed by atoms with Gasteiger partial charge in [-0.3, -0.25) is 4.52 Å². The molecule has 12 heavy (non-hydrogen) atoms. The van der Waals surface area contributed by atoms with E-state index in [9.17, 15) is 4.57 Å². The highest BCUT2D eigenvalue weighted by molar-refractivity contribution is 7.46. The quantitative estimate of drug-likeness (QED) is 0.461. The van der Waals surface area contributed by atoms with Crippen LogP contribution in [-0.2, 0) is 9.09 Å². The molecule has 0 saturated heterocycles. The van der Waals surface area contributed by atoms with E-state index < -0.39 is 21.6 Å². The van der Waals surface area contributed by atoms with Crippen LogP contribution in [0.5, 0.6) is 0 Å². The van der Waals surface area contributed by atoms with Crippen molar-refractivity contribution in [3.05, 3.63) is 0 Å². The van der Waals surface area contributed by atoms with Gasteiger partial charge < -0.3 is 15.5 Å². The summed E-state index contributed by atoms with van der Waals surface area (Å²) >= 11 is 0. The van der Waals surface area contributed by atoms with Crippen molar-refractivity contribution in [2.75, 3.05) is 6.54 Å². The lowest BCUT2D eigenvalue weighted by Crippen LogP contribution is -2.44. The van der Waals surface area contributed by atoms with Gasteiger partial charge in [0.15, 0.2) is 0 Å². The Kier molecular flexibility index (Phi) is 4.09. The molecule has 0 amide bonds. The lowest BCUT2D eigenvalue weighted by molar-refractivity contribution is 0.176. The van der Waals surface area contributed by atoms with E-state index >= 15 is 0 Å². The van der Waals surface area contributed by atoms with Crippen molar-refractivity contribution in [1.82, 2.24) is 0 Å². The van der Waals surface area contributed by atoms with Gasteiger partial charge in [0.25, 0.3) is 0 Å². The third-order valence-electron chi connectivity index (χ3n) is 1.44. The summed E-state index contributed by atoms with van der Waals surface area (Å²) < 4.78 is 15.0. The molecule has 0 aliphatic rings. The second kappa shape index (κ2) is 4.00. The maximum Gasteiger partial charge on any atom is 0.469 e. The number of nitrogens with two attached hydrogens (primary N) is 1. The standard InChI is InChI=1S/C5H16NO4PSi/c1-12(2,3)5(4-6)10-11(7,8)9/h5H,4,6H2,1-3H3,(H2,7,8,9). The van der Waals surface area contributed by atoms with Gasteiger partial charge in [-0.2, -0.15) is 0 Å². The minimum absolute atomic E-state index is 0.154. The molecule has 1 atom stereocenters. The Morgan fingerprint density at radius 2 is 1.92 bits per heavy atom. The second-order valence-electron chi connectivity index (χ2n) is 3.69. The van der Waals surface area contributed by atoms with Crippen LogP contribution in [0.25, 0.3) is 0 Å². The van der Waals surface area contributed by atoms with Crippen LogP contribution < -0.4 is 5.73 Å². The Balaban J connectivity index is 4.30. The van der Waals surface area contributed by atoms with Crippen LogP contribution >= 0.6 is 7.82 Å². The molecule has 0 saturated carbocycles. The molecule has 7 heteroatoms. The highest BCUT2D eigenvalue weighted by atomic mass is 31.2. The highest BCUT2D eigenvalue weighted by Crippen LogP contribution is 2.39. The minimum atomic E-state index is -4.38. The molecular formula is C5H16NO4PSi. The van der Waals surface area contributed by atoms with Crippen molar-refractivity contribution in [2.24, 2.45) is 5.73 Å². The summed E-state index contributed by atoms with van der Waals surface area (Å²) in [4.78, 5) is 17.1. The number of phosphoric ester groups is 1. The molecule has 4 N–H and O–H groups in total. The highest BCUT2D eigenvalue weighted by Gasteiger charge is 2.32. The molecule has 0 aliphatic heterocycles. The van der Waals surface area contributed by atoms with Crippen molar-refractivity contribution in [2.45, 2.75) is 25.4 Å². The average Bonchev–Trinajstić information content (AvgIpc) is 1.78. The molecular weight excluding hydrogens is 197 g/mol.